The van der Waals surface area contributed by atoms with Crippen LogP contribution in [0.1, 0.15) is 33.6 Å². The predicted molar refractivity (Wildman–Crippen MR) is 53.6 cm³/mol. The maximum Gasteiger partial charge on any atom is 0.319 e. The Morgan fingerprint density at radius 2 is 2.08 bits per heavy atom. The number of unbranched alkanes of at least 4 members (excludes halogenated alkanes) is 1. The lowest BCUT2D eigenvalue weighted by molar-refractivity contribution is -0.142. The zero-order chi connectivity index (χ0) is 10.3. The van der Waals surface area contributed by atoms with E-state index in [4.69, 9.17) is 0 Å². The number of hydrogen-bond acceptors (Lipinski definition) is 3. The van der Waals surface area contributed by atoms with E-state index in [1.165, 1.54) is 7.11 Å². The van der Waals surface area contributed by atoms with E-state index in [2.05, 4.69) is 30.4 Å². The van der Waals surface area contributed by atoms with Gasteiger partial charge in [0.1, 0.15) is 0 Å². The van der Waals surface area contributed by atoms with Crippen LogP contribution in [0.3, 0.4) is 0 Å². The number of methoxy groups -OCH3 is 1. The van der Waals surface area contributed by atoms with Crippen LogP contribution in [0.4, 0.5) is 0 Å². The van der Waals surface area contributed by atoms with Crippen molar-refractivity contribution in [3.8, 4) is 0 Å². The standard InChI is InChI=1S/C10H21NO2/c1-5-6-7-11(9(2)3)8-10(12)13-4/h9H,5-8H2,1-4H3. The van der Waals surface area contributed by atoms with Crippen LogP contribution in [0.15, 0.2) is 0 Å². The van der Waals surface area contributed by atoms with Crippen molar-refractivity contribution < 1.29 is 9.53 Å². The molecule has 0 rings (SSSR count). The van der Waals surface area contributed by atoms with E-state index in [-0.39, 0.29) is 5.97 Å². The lowest BCUT2D eigenvalue weighted by Crippen LogP contribution is -2.36. The fourth-order valence-electron chi connectivity index (χ4n) is 1.11. The molecule has 0 fully saturated rings. The summed E-state index contributed by atoms with van der Waals surface area (Å²) in [5.74, 6) is -0.148. The molecule has 0 bridgehead atoms. The van der Waals surface area contributed by atoms with Gasteiger partial charge in [-0.05, 0) is 26.8 Å². The van der Waals surface area contributed by atoms with Crippen LogP contribution in [0.2, 0.25) is 0 Å². The lowest BCUT2D eigenvalue weighted by atomic mass is 10.2. The number of rotatable bonds is 6. The first-order valence-corrected chi connectivity index (χ1v) is 4.92. The molecule has 13 heavy (non-hydrogen) atoms. The van der Waals surface area contributed by atoms with Crippen molar-refractivity contribution in [1.29, 1.82) is 0 Å². The molecule has 0 amide bonds. The van der Waals surface area contributed by atoms with Gasteiger partial charge in [0.25, 0.3) is 0 Å². The van der Waals surface area contributed by atoms with Crippen LogP contribution in [-0.2, 0) is 9.53 Å². The Morgan fingerprint density at radius 3 is 2.46 bits per heavy atom. The summed E-state index contributed by atoms with van der Waals surface area (Å²) in [6.07, 6.45) is 2.29. The van der Waals surface area contributed by atoms with E-state index in [1.54, 1.807) is 0 Å². The molecule has 0 saturated carbocycles. The molecular weight excluding hydrogens is 166 g/mol. The van der Waals surface area contributed by atoms with Gasteiger partial charge in [-0.3, -0.25) is 9.69 Å². The second kappa shape index (κ2) is 6.89. The maximum atomic E-state index is 11.0. The molecule has 0 N–H and O–H groups in total. The zero-order valence-corrected chi connectivity index (χ0v) is 9.17. The quantitative estimate of drug-likeness (QED) is 0.592. The largest absolute Gasteiger partial charge is 0.468 e. The van der Waals surface area contributed by atoms with Gasteiger partial charge in [0, 0.05) is 6.04 Å². The monoisotopic (exact) mass is 187 g/mol. The molecule has 0 radical (unpaired) electrons. The van der Waals surface area contributed by atoms with Crippen LogP contribution in [0.5, 0.6) is 0 Å². The average molecular weight is 187 g/mol. The Balaban J connectivity index is 3.87. The van der Waals surface area contributed by atoms with Crippen molar-refractivity contribution in [2.75, 3.05) is 20.2 Å². The topological polar surface area (TPSA) is 29.5 Å². The number of ether oxygens (including phenoxy) is 1. The molecule has 3 heteroatoms. The third-order valence-electron chi connectivity index (χ3n) is 2.09. The van der Waals surface area contributed by atoms with Gasteiger partial charge < -0.3 is 4.74 Å². The molecule has 0 aromatic carbocycles. The SMILES string of the molecule is CCCCN(CC(=O)OC)C(C)C. The molecule has 78 valence electrons. The molecule has 0 aromatic rings. The minimum atomic E-state index is -0.148. The number of esters is 1. The number of hydrogen-bond donors (Lipinski definition) is 0. The first-order valence-electron chi connectivity index (χ1n) is 4.92. The fraction of sp³-hybridized carbons (Fsp3) is 0.900. The van der Waals surface area contributed by atoms with Crippen LogP contribution in [0, 0.1) is 0 Å². The predicted octanol–water partition coefficient (Wildman–Crippen LogP) is 1.67. The summed E-state index contributed by atoms with van der Waals surface area (Å²) < 4.78 is 4.63. The van der Waals surface area contributed by atoms with Crippen molar-refractivity contribution in [2.24, 2.45) is 0 Å². The van der Waals surface area contributed by atoms with E-state index in [0.29, 0.717) is 12.6 Å². The van der Waals surface area contributed by atoms with Gasteiger partial charge in [0.2, 0.25) is 0 Å². The molecule has 0 atom stereocenters. The van der Waals surface area contributed by atoms with Gasteiger partial charge in [-0.2, -0.15) is 0 Å². The summed E-state index contributed by atoms with van der Waals surface area (Å²) in [5, 5.41) is 0. The summed E-state index contributed by atoms with van der Waals surface area (Å²) in [7, 11) is 1.43. The van der Waals surface area contributed by atoms with Crippen LogP contribution in [0.25, 0.3) is 0 Å². The Hall–Kier alpha value is -0.570. The van der Waals surface area contributed by atoms with E-state index in [9.17, 15) is 4.79 Å². The second-order valence-electron chi connectivity index (χ2n) is 3.49. The Labute approximate surface area is 81.1 Å². The van der Waals surface area contributed by atoms with Crippen LogP contribution < -0.4 is 0 Å². The van der Waals surface area contributed by atoms with E-state index < -0.39 is 0 Å². The van der Waals surface area contributed by atoms with Gasteiger partial charge in [0.05, 0.1) is 13.7 Å². The number of nitrogens with zero attached hydrogens (tertiary/aromatic N) is 1. The highest BCUT2D eigenvalue weighted by molar-refractivity contribution is 5.71. The maximum absolute atomic E-state index is 11.0. The molecular formula is C10H21NO2. The van der Waals surface area contributed by atoms with E-state index in [1.807, 2.05) is 0 Å². The Bertz CT molecular complexity index is 146. The highest BCUT2D eigenvalue weighted by Gasteiger charge is 2.12. The summed E-state index contributed by atoms with van der Waals surface area (Å²) in [6.45, 7) is 7.73. The molecule has 0 aromatic heterocycles. The molecule has 0 aliphatic carbocycles. The lowest BCUT2D eigenvalue weighted by Gasteiger charge is -2.24. The Kier molecular flexibility index (Phi) is 6.59. The fourth-order valence-corrected chi connectivity index (χ4v) is 1.11. The number of carbonyl (C=O) groups excluding carboxylic acids is 1. The molecule has 0 saturated heterocycles. The molecule has 0 unspecified atom stereocenters. The molecule has 0 heterocycles. The first kappa shape index (κ1) is 12.4. The van der Waals surface area contributed by atoms with Crippen LogP contribution in [-0.4, -0.2) is 37.1 Å². The minimum absolute atomic E-state index is 0.148. The van der Waals surface area contributed by atoms with E-state index >= 15 is 0 Å². The van der Waals surface area contributed by atoms with Crippen molar-refractivity contribution in [1.82, 2.24) is 4.90 Å². The third-order valence-corrected chi connectivity index (χ3v) is 2.09. The van der Waals surface area contributed by atoms with Gasteiger partial charge in [-0.15, -0.1) is 0 Å². The Morgan fingerprint density at radius 1 is 1.46 bits per heavy atom. The highest BCUT2D eigenvalue weighted by Crippen LogP contribution is 2.01. The average Bonchev–Trinajstić information content (AvgIpc) is 2.11. The summed E-state index contributed by atoms with van der Waals surface area (Å²) in [5.41, 5.74) is 0. The summed E-state index contributed by atoms with van der Waals surface area (Å²) in [4.78, 5) is 13.2. The van der Waals surface area contributed by atoms with Gasteiger partial charge >= 0.3 is 5.97 Å². The van der Waals surface area contributed by atoms with Crippen molar-refractivity contribution >= 4 is 5.97 Å². The first-order chi connectivity index (χ1) is 6.11. The minimum Gasteiger partial charge on any atom is -0.468 e. The summed E-state index contributed by atoms with van der Waals surface area (Å²) in [6, 6.07) is 0.408. The zero-order valence-electron chi connectivity index (χ0n) is 9.17. The molecule has 0 aliphatic rings. The number of carbonyl (C=O) groups is 1. The molecule has 3 nitrogen and oxygen atoms in total. The van der Waals surface area contributed by atoms with Gasteiger partial charge in [0.15, 0.2) is 0 Å². The highest BCUT2D eigenvalue weighted by atomic mass is 16.5. The van der Waals surface area contributed by atoms with E-state index in [0.717, 1.165) is 19.4 Å². The van der Waals surface area contributed by atoms with Gasteiger partial charge in [-0.1, -0.05) is 13.3 Å². The van der Waals surface area contributed by atoms with Crippen molar-refractivity contribution in [3.05, 3.63) is 0 Å². The molecule has 0 spiro atoms. The van der Waals surface area contributed by atoms with Crippen molar-refractivity contribution in [2.45, 2.75) is 39.7 Å². The smallest absolute Gasteiger partial charge is 0.319 e. The van der Waals surface area contributed by atoms with Gasteiger partial charge in [-0.25, -0.2) is 0 Å². The third kappa shape index (κ3) is 5.64. The second-order valence-corrected chi connectivity index (χ2v) is 3.49. The summed E-state index contributed by atoms with van der Waals surface area (Å²) >= 11 is 0. The molecule has 0 aliphatic heterocycles. The van der Waals surface area contributed by atoms with Crippen LogP contribution >= 0.6 is 0 Å². The normalized spacial score (nSPS) is 10.9. The van der Waals surface area contributed by atoms with Crippen molar-refractivity contribution in [3.63, 3.8) is 0 Å².